The molecule has 1 aliphatic heterocycles. The summed E-state index contributed by atoms with van der Waals surface area (Å²) in [6.07, 6.45) is 0.616. The SMILES string of the molecule is CC(=O)N1CCc2cc(S(=O)(=O)Nc3c(Cl)cccc3Cl)ccc21. The van der Waals surface area contributed by atoms with Gasteiger partial charge in [0, 0.05) is 19.2 Å². The van der Waals surface area contributed by atoms with Crippen molar-refractivity contribution in [2.45, 2.75) is 18.2 Å². The number of fused-ring (bicyclic) bond motifs is 1. The normalized spacial score (nSPS) is 13.7. The molecule has 2 aromatic carbocycles. The molecule has 0 aromatic heterocycles. The maximum atomic E-state index is 12.6. The minimum atomic E-state index is -3.84. The average molecular weight is 385 g/mol. The first kappa shape index (κ1) is 17.1. The third-order valence-electron chi connectivity index (χ3n) is 3.84. The van der Waals surface area contributed by atoms with Crippen molar-refractivity contribution in [1.29, 1.82) is 0 Å². The molecule has 0 spiro atoms. The molecule has 0 atom stereocenters. The van der Waals surface area contributed by atoms with Crippen LogP contribution in [-0.2, 0) is 21.2 Å². The Kier molecular flexibility index (Phi) is 4.46. The number of amides is 1. The van der Waals surface area contributed by atoms with E-state index in [4.69, 9.17) is 23.2 Å². The number of hydrogen-bond donors (Lipinski definition) is 1. The molecule has 1 heterocycles. The molecule has 0 aliphatic carbocycles. The Balaban J connectivity index is 1.96. The van der Waals surface area contributed by atoms with Gasteiger partial charge in [-0.3, -0.25) is 9.52 Å². The largest absolute Gasteiger partial charge is 0.312 e. The Labute approximate surface area is 150 Å². The summed E-state index contributed by atoms with van der Waals surface area (Å²) < 4.78 is 27.6. The molecule has 0 bridgehead atoms. The van der Waals surface area contributed by atoms with Crippen molar-refractivity contribution < 1.29 is 13.2 Å². The van der Waals surface area contributed by atoms with Gasteiger partial charge in [-0.25, -0.2) is 8.42 Å². The summed E-state index contributed by atoms with van der Waals surface area (Å²) in [6, 6.07) is 9.43. The lowest BCUT2D eigenvalue weighted by atomic mass is 10.2. The Hall–Kier alpha value is -1.76. The van der Waals surface area contributed by atoms with E-state index in [2.05, 4.69) is 4.72 Å². The number of anilines is 2. The minimum Gasteiger partial charge on any atom is -0.312 e. The number of halogens is 2. The first-order valence-electron chi connectivity index (χ1n) is 7.17. The zero-order valence-electron chi connectivity index (χ0n) is 12.7. The quantitative estimate of drug-likeness (QED) is 0.876. The summed E-state index contributed by atoms with van der Waals surface area (Å²) >= 11 is 12.0. The van der Waals surface area contributed by atoms with Crippen LogP contribution in [-0.4, -0.2) is 20.9 Å². The van der Waals surface area contributed by atoms with Crippen LogP contribution in [0, 0.1) is 0 Å². The lowest BCUT2D eigenvalue weighted by Crippen LogP contribution is -2.25. The van der Waals surface area contributed by atoms with Gasteiger partial charge in [0.15, 0.2) is 0 Å². The first-order valence-corrected chi connectivity index (χ1v) is 9.41. The maximum absolute atomic E-state index is 12.6. The molecule has 0 radical (unpaired) electrons. The van der Waals surface area contributed by atoms with Gasteiger partial charge in [0.2, 0.25) is 5.91 Å². The molecule has 24 heavy (non-hydrogen) atoms. The topological polar surface area (TPSA) is 66.5 Å². The Morgan fingerprint density at radius 2 is 1.83 bits per heavy atom. The van der Waals surface area contributed by atoms with E-state index in [1.165, 1.54) is 13.0 Å². The predicted molar refractivity (Wildman–Crippen MR) is 95.4 cm³/mol. The number of carbonyl (C=O) groups excluding carboxylic acids is 1. The lowest BCUT2D eigenvalue weighted by Gasteiger charge is -2.15. The molecule has 126 valence electrons. The second kappa shape index (κ2) is 6.27. The molecule has 1 N–H and O–H groups in total. The zero-order valence-corrected chi connectivity index (χ0v) is 15.0. The number of para-hydroxylation sites is 1. The number of sulfonamides is 1. The summed E-state index contributed by atoms with van der Waals surface area (Å²) in [4.78, 5) is 13.3. The number of benzene rings is 2. The van der Waals surface area contributed by atoms with Gasteiger partial charge in [-0.05, 0) is 42.3 Å². The van der Waals surface area contributed by atoms with Gasteiger partial charge < -0.3 is 4.90 Å². The van der Waals surface area contributed by atoms with Crippen LogP contribution in [0.2, 0.25) is 10.0 Å². The number of nitrogens with one attached hydrogen (secondary N) is 1. The van der Waals surface area contributed by atoms with Crippen LogP contribution in [0.3, 0.4) is 0 Å². The summed E-state index contributed by atoms with van der Waals surface area (Å²) in [5.41, 5.74) is 1.71. The molecule has 5 nitrogen and oxygen atoms in total. The third kappa shape index (κ3) is 3.09. The highest BCUT2D eigenvalue weighted by atomic mass is 35.5. The van der Waals surface area contributed by atoms with Crippen molar-refractivity contribution >= 4 is 50.5 Å². The molecule has 3 rings (SSSR count). The third-order valence-corrected chi connectivity index (χ3v) is 5.81. The van der Waals surface area contributed by atoms with E-state index >= 15 is 0 Å². The molecule has 1 aliphatic rings. The summed E-state index contributed by atoms with van der Waals surface area (Å²) in [5.74, 6) is -0.0645. The molecule has 0 unspecified atom stereocenters. The van der Waals surface area contributed by atoms with Crippen LogP contribution in [0.1, 0.15) is 12.5 Å². The summed E-state index contributed by atoms with van der Waals surface area (Å²) in [6.45, 7) is 2.04. The molecule has 0 saturated carbocycles. The second-order valence-electron chi connectivity index (χ2n) is 5.41. The zero-order chi connectivity index (χ0) is 17.5. The fourth-order valence-electron chi connectivity index (χ4n) is 2.66. The highest BCUT2D eigenvalue weighted by Crippen LogP contribution is 2.34. The van der Waals surface area contributed by atoms with Gasteiger partial charge in [-0.2, -0.15) is 0 Å². The van der Waals surface area contributed by atoms with Gasteiger partial charge in [-0.1, -0.05) is 29.3 Å². The van der Waals surface area contributed by atoms with Crippen LogP contribution < -0.4 is 9.62 Å². The van der Waals surface area contributed by atoms with E-state index < -0.39 is 10.0 Å². The van der Waals surface area contributed by atoms with Crippen molar-refractivity contribution in [2.75, 3.05) is 16.2 Å². The van der Waals surface area contributed by atoms with Crippen molar-refractivity contribution in [2.24, 2.45) is 0 Å². The van der Waals surface area contributed by atoms with E-state index in [9.17, 15) is 13.2 Å². The van der Waals surface area contributed by atoms with Gasteiger partial charge in [0.25, 0.3) is 10.0 Å². The van der Waals surface area contributed by atoms with Crippen molar-refractivity contribution in [3.05, 3.63) is 52.0 Å². The number of hydrogen-bond acceptors (Lipinski definition) is 3. The number of nitrogens with zero attached hydrogens (tertiary/aromatic N) is 1. The lowest BCUT2D eigenvalue weighted by molar-refractivity contribution is -0.116. The van der Waals surface area contributed by atoms with Crippen LogP contribution in [0.15, 0.2) is 41.3 Å². The molecule has 8 heteroatoms. The second-order valence-corrected chi connectivity index (χ2v) is 7.91. The molecule has 1 amide bonds. The fraction of sp³-hybridized carbons (Fsp3) is 0.188. The number of rotatable bonds is 3. The summed E-state index contributed by atoms with van der Waals surface area (Å²) in [5, 5.41) is 0.435. The average Bonchev–Trinajstić information content (AvgIpc) is 2.94. The van der Waals surface area contributed by atoms with Crippen LogP contribution in [0.5, 0.6) is 0 Å². The molecular formula is C16H14Cl2N2O3S. The van der Waals surface area contributed by atoms with Crippen molar-refractivity contribution in [3.63, 3.8) is 0 Å². The smallest absolute Gasteiger partial charge is 0.261 e. The van der Waals surface area contributed by atoms with Crippen LogP contribution >= 0.6 is 23.2 Å². The Bertz CT molecular complexity index is 909. The monoisotopic (exact) mass is 384 g/mol. The molecular weight excluding hydrogens is 371 g/mol. The van der Waals surface area contributed by atoms with Gasteiger partial charge >= 0.3 is 0 Å². The maximum Gasteiger partial charge on any atom is 0.261 e. The molecule has 0 fully saturated rings. The molecule has 2 aromatic rings. The highest BCUT2D eigenvalue weighted by Gasteiger charge is 2.25. The minimum absolute atomic E-state index is 0.0645. The number of carbonyl (C=O) groups is 1. The standard InChI is InChI=1S/C16H14Cl2N2O3S/c1-10(21)20-8-7-11-9-12(5-6-15(11)20)24(22,23)19-16-13(17)3-2-4-14(16)18/h2-6,9,19H,7-8H2,1H3. The molecule has 0 saturated heterocycles. The van der Waals surface area contributed by atoms with Gasteiger partial charge in [-0.15, -0.1) is 0 Å². The van der Waals surface area contributed by atoms with Gasteiger partial charge in [0.1, 0.15) is 0 Å². The fourth-order valence-corrected chi connectivity index (χ4v) is 4.42. The van der Waals surface area contributed by atoms with E-state index in [0.29, 0.717) is 13.0 Å². The van der Waals surface area contributed by atoms with Crippen LogP contribution in [0.25, 0.3) is 0 Å². The van der Waals surface area contributed by atoms with Gasteiger partial charge in [0.05, 0.1) is 20.6 Å². The van der Waals surface area contributed by atoms with E-state index in [0.717, 1.165) is 11.3 Å². The summed E-state index contributed by atoms with van der Waals surface area (Å²) in [7, 11) is -3.84. The van der Waals surface area contributed by atoms with Crippen molar-refractivity contribution in [3.8, 4) is 0 Å². The van der Waals surface area contributed by atoms with Crippen molar-refractivity contribution in [1.82, 2.24) is 0 Å². The van der Waals surface area contributed by atoms with E-state index in [1.54, 1.807) is 35.2 Å². The first-order chi connectivity index (χ1) is 11.3. The Morgan fingerprint density at radius 1 is 1.17 bits per heavy atom. The van der Waals surface area contributed by atoms with E-state index in [-0.39, 0.29) is 26.5 Å². The van der Waals surface area contributed by atoms with Crippen LogP contribution in [0.4, 0.5) is 11.4 Å². The predicted octanol–water partition coefficient (Wildman–Crippen LogP) is 3.70. The highest BCUT2D eigenvalue weighted by molar-refractivity contribution is 7.92. The Morgan fingerprint density at radius 3 is 2.46 bits per heavy atom. The van der Waals surface area contributed by atoms with E-state index in [1.807, 2.05) is 0 Å².